The summed E-state index contributed by atoms with van der Waals surface area (Å²) in [6.45, 7) is 0. The van der Waals surface area contributed by atoms with Gasteiger partial charge in [-0.2, -0.15) is 0 Å². The third-order valence-corrected chi connectivity index (χ3v) is 6.15. The van der Waals surface area contributed by atoms with Gasteiger partial charge in [-0.25, -0.2) is 0 Å². The number of aromatic nitrogens is 1. The summed E-state index contributed by atoms with van der Waals surface area (Å²) in [7, 11) is 0. The quantitative estimate of drug-likeness (QED) is 0.548. The summed E-state index contributed by atoms with van der Waals surface area (Å²) in [5.74, 6) is 0.330. The van der Waals surface area contributed by atoms with Crippen LogP contribution in [0.3, 0.4) is 0 Å². The van der Waals surface area contributed by atoms with Crippen LogP contribution in [0.15, 0.2) is 83.5 Å². The standard InChI is InChI=1S/C22H15BrClNO2/c23-16-8-6-15(7-9-16)22-18(14-4-2-1-3-5-14)10-11-21(22,26)20-19(27-22)12-17(24)13-25-20/h1-13,18,26H/t18-,21+,22-/m0/s1. The van der Waals surface area contributed by atoms with Gasteiger partial charge < -0.3 is 9.84 Å². The average Bonchev–Trinajstić information content (AvgIpc) is 3.10. The van der Waals surface area contributed by atoms with Gasteiger partial charge in [0.15, 0.2) is 11.2 Å². The van der Waals surface area contributed by atoms with Crippen molar-refractivity contribution in [1.82, 2.24) is 4.98 Å². The molecule has 0 bridgehead atoms. The van der Waals surface area contributed by atoms with E-state index < -0.39 is 11.2 Å². The van der Waals surface area contributed by atoms with Crippen LogP contribution in [-0.2, 0) is 11.2 Å². The van der Waals surface area contributed by atoms with E-state index in [1.807, 2.05) is 60.7 Å². The molecule has 1 N–H and O–H groups in total. The molecule has 1 aromatic heterocycles. The molecule has 2 heterocycles. The topological polar surface area (TPSA) is 42.4 Å². The highest BCUT2D eigenvalue weighted by atomic mass is 79.9. The molecule has 5 heteroatoms. The molecular formula is C22H15BrClNO2. The van der Waals surface area contributed by atoms with E-state index in [0.29, 0.717) is 16.5 Å². The zero-order valence-corrected chi connectivity index (χ0v) is 16.5. The Labute approximate surface area is 170 Å². The van der Waals surface area contributed by atoms with E-state index in [-0.39, 0.29) is 5.92 Å². The highest BCUT2D eigenvalue weighted by Crippen LogP contribution is 2.63. The van der Waals surface area contributed by atoms with E-state index >= 15 is 0 Å². The number of benzene rings is 2. The van der Waals surface area contributed by atoms with Crippen molar-refractivity contribution in [1.29, 1.82) is 0 Å². The summed E-state index contributed by atoms with van der Waals surface area (Å²) in [6.07, 6.45) is 5.36. The average molecular weight is 441 g/mol. The predicted molar refractivity (Wildman–Crippen MR) is 108 cm³/mol. The summed E-state index contributed by atoms with van der Waals surface area (Å²) in [4.78, 5) is 4.42. The molecule has 3 atom stereocenters. The van der Waals surface area contributed by atoms with Gasteiger partial charge in [-0.1, -0.05) is 76.1 Å². The smallest absolute Gasteiger partial charge is 0.182 e. The normalized spacial score (nSPS) is 27.9. The number of fused-ring (bicyclic) bond motifs is 3. The number of ether oxygens (including phenoxy) is 1. The van der Waals surface area contributed by atoms with Crippen molar-refractivity contribution in [2.24, 2.45) is 0 Å². The van der Waals surface area contributed by atoms with Crippen LogP contribution in [0.25, 0.3) is 0 Å². The van der Waals surface area contributed by atoms with Gasteiger partial charge in [-0.05, 0) is 23.8 Å². The fraction of sp³-hybridized carbons (Fsp3) is 0.136. The number of nitrogens with zero attached hydrogens (tertiary/aromatic N) is 1. The highest BCUT2D eigenvalue weighted by Gasteiger charge is 2.67. The molecule has 3 nitrogen and oxygen atoms in total. The molecule has 3 aromatic rings. The van der Waals surface area contributed by atoms with E-state index in [1.165, 1.54) is 0 Å². The molecule has 0 saturated heterocycles. The Hall–Kier alpha value is -2.14. The summed E-state index contributed by atoms with van der Waals surface area (Å²) < 4.78 is 7.48. The number of hydrogen-bond donors (Lipinski definition) is 1. The van der Waals surface area contributed by atoms with Crippen molar-refractivity contribution in [3.05, 3.63) is 105 Å². The van der Waals surface area contributed by atoms with Gasteiger partial charge in [-0.3, -0.25) is 4.98 Å². The lowest BCUT2D eigenvalue weighted by Crippen LogP contribution is -2.48. The van der Waals surface area contributed by atoms with E-state index in [0.717, 1.165) is 15.6 Å². The second-order valence-electron chi connectivity index (χ2n) is 6.86. The summed E-state index contributed by atoms with van der Waals surface area (Å²) >= 11 is 9.63. The number of pyridine rings is 1. The lowest BCUT2D eigenvalue weighted by atomic mass is 9.72. The number of halogens is 2. The highest BCUT2D eigenvalue weighted by molar-refractivity contribution is 9.10. The van der Waals surface area contributed by atoms with Crippen LogP contribution in [-0.4, -0.2) is 10.1 Å². The van der Waals surface area contributed by atoms with E-state index in [1.54, 1.807) is 18.3 Å². The lowest BCUT2D eigenvalue weighted by Gasteiger charge is -2.40. The molecule has 27 heavy (non-hydrogen) atoms. The first-order valence-corrected chi connectivity index (χ1v) is 9.79. The molecule has 2 aromatic carbocycles. The van der Waals surface area contributed by atoms with Crippen molar-refractivity contribution < 1.29 is 9.84 Å². The van der Waals surface area contributed by atoms with Crippen LogP contribution in [0.2, 0.25) is 5.02 Å². The molecule has 1 aliphatic carbocycles. The Morgan fingerprint density at radius 1 is 1.07 bits per heavy atom. The zero-order chi connectivity index (χ0) is 18.6. The monoisotopic (exact) mass is 439 g/mol. The van der Waals surface area contributed by atoms with Crippen LogP contribution in [0.1, 0.15) is 22.7 Å². The fourth-order valence-electron chi connectivity index (χ4n) is 4.25. The first kappa shape index (κ1) is 17.0. The molecule has 0 amide bonds. The number of aliphatic hydroxyl groups is 1. The van der Waals surface area contributed by atoms with Crippen molar-refractivity contribution in [2.75, 3.05) is 0 Å². The molecule has 0 radical (unpaired) electrons. The van der Waals surface area contributed by atoms with E-state index in [2.05, 4.69) is 20.9 Å². The van der Waals surface area contributed by atoms with Gasteiger partial charge in [0, 0.05) is 28.2 Å². The van der Waals surface area contributed by atoms with Crippen LogP contribution >= 0.6 is 27.5 Å². The van der Waals surface area contributed by atoms with E-state index in [4.69, 9.17) is 16.3 Å². The Balaban J connectivity index is 1.78. The van der Waals surface area contributed by atoms with Crippen LogP contribution in [0.4, 0.5) is 0 Å². The van der Waals surface area contributed by atoms with Gasteiger partial charge in [0.25, 0.3) is 0 Å². The summed E-state index contributed by atoms with van der Waals surface area (Å²) in [6, 6.07) is 19.7. The third kappa shape index (κ3) is 2.27. The van der Waals surface area contributed by atoms with Gasteiger partial charge in [0.1, 0.15) is 11.4 Å². The first-order chi connectivity index (χ1) is 13.0. The minimum Gasteiger partial charge on any atom is -0.476 e. The van der Waals surface area contributed by atoms with Crippen molar-refractivity contribution >= 4 is 27.5 Å². The van der Waals surface area contributed by atoms with Gasteiger partial charge in [0.05, 0.1) is 5.02 Å². The van der Waals surface area contributed by atoms with Gasteiger partial charge in [0.2, 0.25) is 0 Å². The van der Waals surface area contributed by atoms with Gasteiger partial charge >= 0.3 is 0 Å². The molecular weight excluding hydrogens is 426 g/mol. The lowest BCUT2D eigenvalue weighted by molar-refractivity contribution is -0.0875. The molecule has 5 rings (SSSR count). The fourth-order valence-corrected chi connectivity index (χ4v) is 4.66. The Morgan fingerprint density at radius 3 is 2.56 bits per heavy atom. The molecule has 0 fully saturated rings. The third-order valence-electron chi connectivity index (χ3n) is 5.42. The Kier molecular flexibility index (Phi) is 3.73. The van der Waals surface area contributed by atoms with E-state index in [9.17, 15) is 5.11 Å². The number of rotatable bonds is 2. The van der Waals surface area contributed by atoms with Crippen molar-refractivity contribution in [3.8, 4) is 5.75 Å². The molecule has 0 saturated carbocycles. The van der Waals surface area contributed by atoms with Crippen LogP contribution < -0.4 is 4.74 Å². The largest absolute Gasteiger partial charge is 0.476 e. The van der Waals surface area contributed by atoms with Crippen LogP contribution in [0, 0.1) is 0 Å². The molecule has 2 aliphatic rings. The molecule has 0 spiro atoms. The molecule has 1 aliphatic heterocycles. The maximum Gasteiger partial charge on any atom is 0.182 e. The Bertz CT molecular complexity index is 1050. The minimum atomic E-state index is -1.39. The van der Waals surface area contributed by atoms with Crippen molar-refractivity contribution in [2.45, 2.75) is 17.1 Å². The Morgan fingerprint density at radius 2 is 1.81 bits per heavy atom. The summed E-state index contributed by atoms with van der Waals surface area (Å²) in [5.41, 5.74) is -0.00626. The molecule has 134 valence electrons. The number of hydrogen-bond acceptors (Lipinski definition) is 3. The zero-order valence-electron chi connectivity index (χ0n) is 14.1. The maximum absolute atomic E-state index is 11.8. The van der Waals surface area contributed by atoms with Crippen LogP contribution in [0.5, 0.6) is 5.75 Å². The molecule has 0 unspecified atom stereocenters. The van der Waals surface area contributed by atoms with Crippen molar-refractivity contribution in [3.63, 3.8) is 0 Å². The second kappa shape index (κ2) is 5.93. The predicted octanol–water partition coefficient (Wildman–Crippen LogP) is 5.33. The maximum atomic E-state index is 11.8. The van der Waals surface area contributed by atoms with Gasteiger partial charge in [-0.15, -0.1) is 0 Å². The second-order valence-corrected chi connectivity index (χ2v) is 8.21. The first-order valence-electron chi connectivity index (χ1n) is 8.62. The minimum absolute atomic E-state index is 0.183. The SMILES string of the molecule is O[C@@]12C=C[C@@H](c3ccccc3)[C@]1(c1ccc(Br)cc1)Oc1cc(Cl)cnc12. The summed E-state index contributed by atoms with van der Waals surface area (Å²) in [5, 5.41) is 12.3.